The van der Waals surface area contributed by atoms with Crippen LogP contribution < -0.4 is 9.47 Å². The first kappa shape index (κ1) is 21.4. The van der Waals surface area contributed by atoms with E-state index in [2.05, 4.69) is 22.9 Å². The lowest BCUT2D eigenvalue weighted by Crippen LogP contribution is -2.16. The largest absolute Gasteiger partial charge is 0.493 e. The molecule has 0 aliphatic rings. The van der Waals surface area contributed by atoms with Gasteiger partial charge in [-0.25, -0.2) is 4.79 Å². The molecule has 2 aromatic rings. The van der Waals surface area contributed by atoms with Gasteiger partial charge in [0.2, 0.25) is 0 Å². The van der Waals surface area contributed by atoms with Crippen molar-refractivity contribution in [1.29, 1.82) is 0 Å². The normalized spacial score (nSPS) is 10.9. The molecule has 0 atom stereocenters. The van der Waals surface area contributed by atoms with Crippen LogP contribution in [0, 0.1) is 6.92 Å². The number of hydrogen-bond donors (Lipinski definition) is 0. The van der Waals surface area contributed by atoms with Gasteiger partial charge in [-0.05, 0) is 37.1 Å². The zero-order valence-corrected chi connectivity index (χ0v) is 17.7. The zero-order valence-electron chi connectivity index (χ0n) is 16.1. The Morgan fingerprint density at radius 1 is 1.15 bits per heavy atom. The van der Waals surface area contributed by atoms with Crippen LogP contribution in [-0.4, -0.2) is 26.8 Å². The van der Waals surface area contributed by atoms with Gasteiger partial charge in [0.15, 0.2) is 6.29 Å². The topological polar surface area (TPSA) is 54.0 Å². The van der Waals surface area contributed by atoms with Gasteiger partial charge in [0.1, 0.15) is 17.1 Å². The Morgan fingerprint density at radius 2 is 1.81 bits per heavy atom. The Labute approximate surface area is 168 Å². The minimum absolute atomic E-state index is 0.386. The number of halogens is 1. The van der Waals surface area contributed by atoms with Gasteiger partial charge in [-0.2, -0.15) is 0 Å². The minimum Gasteiger partial charge on any atom is -0.493 e. The lowest BCUT2D eigenvalue weighted by atomic mass is 10.0. The molecule has 6 heteroatoms. The Kier molecular flexibility index (Phi) is 8.28. The monoisotopic (exact) mass is 436 g/mol. The van der Waals surface area contributed by atoms with Crippen LogP contribution in [0.1, 0.15) is 47.5 Å². The summed E-state index contributed by atoms with van der Waals surface area (Å²) in [5.41, 5.74) is 1.84. The van der Waals surface area contributed by atoms with Crippen molar-refractivity contribution in [2.24, 2.45) is 0 Å². The van der Waals surface area contributed by atoms with Crippen molar-refractivity contribution in [3.8, 4) is 11.5 Å². The maximum Gasteiger partial charge on any atom is 0.347 e. The van der Waals surface area contributed by atoms with Crippen LogP contribution in [0.2, 0.25) is 0 Å². The molecule has 146 valence electrons. The highest BCUT2D eigenvalue weighted by molar-refractivity contribution is 9.10. The number of rotatable bonds is 9. The molecule has 0 aliphatic heterocycles. The second kappa shape index (κ2) is 10.4. The first-order valence-electron chi connectivity index (χ1n) is 8.82. The molecule has 0 unspecified atom stereocenters. The molecule has 0 fully saturated rings. The van der Waals surface area contributed by atoms with E-state index < -0.39 is 12.3 Å². The van der Waals surface area contributed by atoms with Gasteiger partial charge >= 0.3 is 5.97 Å². The molecule has 2 rings (SSSR count). The van der Waals surface area contributed by atoms with Crippen LogP contribution >= 0.6 is 15.9 Å². The third-order valence-corrected chi connectivity index (χ3v) is 5.14. The van der Waals surface area contributed by atoms with Gasteiger partial charge in [-0.3, -0.25) is 0 Å². The summed E-state index contributed by atoms with van der Waals surface area (Å²) in [7, 11) is 3.12. The number of hydrogen-bond acceptors (Lipinski definition) is 5. The van der Waals surface area contributed by atoms with Gasteiger partial charge in [0.25, 0.3) is 0 Å². The maximum atomic E-state index is 12.9. The average molecular weight is 437 g/mol. The third kappa shape index (κ3) is 5.31. The van der Waals surface area contributed by atoms with Gasteiger partial charge in [-0.1, -0.05) is 47.5 Å². The molecule has 2 aromatic carbocycles. The fourth-order valence-electron chi connectivity index (χ4n) is 2.65. The lowest BCUT2D eigenvalue weighted by molar-refractivity contribution is -0.106. The summed E-state index contributed by atoms with van der Waals surface area (Å²) in [6.07, 6.45) is 1.30. The maximum absolute atomic E-state index is 12.9. The molecule has 0 saturated heterocycles. The molecule has 0 radical (unpaired) electrons. The van der Waals surface area contributed by atoms with E-state index in [9.17, 15) is 4.79 Å². The number of carbonyl (C=O) groups is 1. The van der Waals surface area contributed by atoms with E-state index in [1.807, 2.05) is 25.1 Å². The highest BCUT2D eigenvalue weighted by Crippen LogP contribution is 2.37. The van der Waals surface area contributed by atoms with Gasteiger partial charge in [0.05, 0.1) is 6.61 Å². The van der Waals surface area contributed by atoms with Crippen molar-refractivity contribution in [2.75, 3.05) is 20.8 Å². The molecule has 0 aromatic heterocycles. The second-order valence-electron chi connectivity index (χ2n) is 5.99. The van der Waals surface area contributed by atoms with Gasteiger partial charge < -0.3 is 18.9 Å². The number of unbranched alkanes of at least 4 members (excludes halogenated alkanes) is 1. The number of para-hydroxylation sites is 1. The average Bonchev–Trinajstić information content (AvgIpc) is 2.67. The van der Waals surface area contributed by atoms with E-state index in [0.29, 0.717) is 29.2 Å². The quantitative estimate of drug-likeness (QED) is 0.226. The van der Waals surface area contributed by atoms with E-state index in [1.165, 1.54) is 0 Å². The summed E-state index contributed by atoms with van der Waals surface area (Å²) >= 11 is 3.56. The molecule has 0 spiro atoms. The zero-order chi connectivity index (χ0) is 19.8. The van der Waals surface area contributed by atoms with E-state index in [1.54, 1.807) is 32.4 Å². The summed E-state index contributed by atoms with van der Waals surface area (Å²) in [4.78, 5) is 12.9. The Morgan fingerprint density at radius 3 is 2.41 bits per heavy atom. The van der Waals surface area contributed by atoms with Crippen molar-refractivity contribution < 1.29 is 23.7 Å². The first-order valence-corrected chi connectivity index (χ1v) is 9.61. The van der Waals surface area contributed by atoms with E-state index in [-0.39, 0.29) is 0 Å². The highest BCUT2D eigenvalue weighted by atomic mass is 79.9. The van der Waals surface area contributed by atoms with Crippen LogP contribution in [0.5, 0.6) is 11.5 Å². The van der Waals surface area contributed by atoms with Crippen molar-refractivity contribution in [3.63, 3.8) is 0 Å². The molecule has 0 bridgehead atoms. The second-order valence-corrected chi connectivity index (χ2v) is 6.78. The van der Waals surface area contributed by atoms with Crippen molar-refractivity contribution in [3.05, 3.63) is 57.6 Å². The van der Waals surface area contributed by atoms with Crippen molar-refractivity contribution >= 4 is 21.9 Å². The predicted molar refractivity (Wildman–Crippen MR) is 107 cm³/mol. The smallest absolute Gasteiger partial charge is 0.347 e. The van der Waals surface area contributed by atoms with Gasteiger partial charge in [0, 0.05) is 24.3 Å². The SMILES string of the molecule is CCCCOc1cc(C(OC)OC)c(Br)c(C)c1C(=O)Oc1ccccc1. The standard InChI is InChI=1S/C21H25BrO5/c1-5-6-12-26-17-13-16(21(24-3)25-4)19(22)14(2)18(17)20(23)27-15-10-8-7-9-11-15/h7-11,13,21H,5-6,12H2,1-4H3. The third-order valence-electron chi connectivity index (χ3n) is 4.09. The van der Waals surface area contributed by atoms with Gasteiger partial charge in [-0.15, -0.1) is 0 Å². The Hall–Kier alpha value is -1.89. The fourth-order valence-corrected chi connectivity index (χ4v) is 3.15. The Bertz CT molecular complexity index is 757. The molecule has 5 nitrogen and oxygen atoms in total. The Balaban J connectivity index is 2.46. The number of benzene rings is 2. The van der Waals surface area contributed by atoms with E-state index in [0.717, 1.165) is 22.9 Å². The number of esters is 1. The summed E-state index contributed by atoms with van der Waals surface area (Å²) < 4.78 is 22.9. The molecule has 0 aliphatic carbocycles. The summed E-state index contributed by atoms with van der Waals surface area (Å²) in [5, 5.41) is 0. The van der Waals surface area contributed by atoms with Crippen LogP contribution in [-0.2, 0) is 9.47 Å². The molecule has 0 saturated carbocycles. The molecule has 0 N–H and O–H groups in total. The number of carbonyl (C=O) groups excluding carboxylic acids is 1. The first-order chi connectivity index (χ1) is 13.0. The van der Waals surface area contributed by atoms with Crippen molar-refractivity contribution in [2.45, 2.75) is 33.0 Å². The minimum atomic E-state index is -0.578. The van der Waals surface area contributed by atoms with Crippen LogP contribution in [0.4, 0.5) is 0 Å². The highest BCUT2D eigenvalue weighted by Gasteiger charge is 2.25. The summed E-state index contributed by atoms with van der Waals surface area (Å²) in [5.74, 6) is 0.469. The van der Waals surface area contributed by atoms with Crippen molar-refractivity contribution in [1.82, 2.24) is 0 Å². The molecule has 0 amide bonds. The number of ether oxygens (including phenoxy) is 4. The van der Waals surface area contributed by atoms with E-state index >= 15 is 0 Å². The van der Waals surface area contributed by atoms with Crippen LogP contribution in [0.15, 0.2) is 40.9 Å². The summed E-state index contributed by atoms with van der Waals surface area (Å²) in [6.45, 7) is 4.43. The lowest BCUT2D eigenvalue weighted by Gasteiger charge is -2.21. The van der Waals surface area contributed by atoms with Crippen LogP contribution in [0.25, 0.3) is 0 Å². The molecule has 27 heavy (non-hydrogen) atoms. The molecule has 0 heterocycles. The number of methoxy groups -OCH3 is 2. The van der Waals surface area contributed by atoms with E-state index in [4.69, 9.17) is 18.9 Å². The summed E-state index contributed by atoms with van der Waals surface area (Å²) in [6, 6.07) is 10.7. The predicted octanol–water partition coefficient (Wildman–Crippen LogP) is 5.45. The molecular weight excluding hydrogens is 412 g/mol. The van der Waals surface area contributed by atoms with Crippen LogP contribution in [0.3, 0.4) is 0 Å². The fraction of sp³-hybridized carbons (Fsp3) is 0.381. The molecular formula is C21H25BrO5.